The van der Waals surface area contributed by atoms with Crippen LogP contribution in [-0.4, -0.2) is 29.5 Å². The molecule has 0 saturated carbocycles. The minimum absolute atomic E-state index is 0.0561. The fourth-order valence-corrected chi connectivity index (χ4v) is 1.61. The standard InChI is InChI=1S/C13H20O3/c1-9(2)13(15)12(14)8-10-5-4-6-11(7-10)16-3/h4-7,9,12-15H,8H2,1-3H3. The Kier molecular flexibility index (Phi) is 4.77. The smallest absolute Gasteiger partial charge is 0.119 e. The highest BCUT2D eigenvalue weighted by molar-refractivity contribution is 5.28. The third-order valence-electron chi connectivity index (χ3n) is 2.66. The first-order valence-electron chi connectivity index (χ1n) is 5.53. The molecule has 3 nitrogen and oxygen atoms in total. The Labute approximate surface area is 96.7 Å². The number of rotatable bonds is 5. The second-order valence-electron chi connectivity index (χ2n) is 4.36. The third kappa shape index (κ3) is 3.51. The molecule has 0 saturated heterocycles. The van der Waals surface area contributed by atoms with Gasteiger partial charge in [-0.3, -0.25) is 0 Å². The molecule has 1 aromatic carbocycles. The Balaban J connectivity index is 2.65. The van der Waals surface area contributed by atoms with Crippen LogP contribution >= 0.6 is 0 Å². The molecule has 0 aliphatic carbocycles. The molecule has 0 amide bonds. The zero-order chi connectivity index (χ0) is 12.1. The van der Waals surface area contributed by atoms with Crippen molar-refractivity contribution < 1.29 is 14.9 Å². The van der Waals surface area contributed by atoms with Gasteiger partial charge in [0.25, 0.3) is 0 Å². The van der Waals surface area contributed by atoms with E-state index in [1.54, 1.807) is 7.11 Å². The van der Waals surface area contributed by atoms with E-state index in [9.17, 15) is 10.2 Å². The van der Waals surface area contributed by atoms with Gasteiger partial charge in [-0.25, -0.2) is 0 Å². The van der Waals surface area contributed by atoms with Crippen molar-refractivity contribution in [2.45, 2.75) is 32.5 Å². The average molecular weight is 224 g/mol. The molecule has 0 radical (unpaired) electrons. The molecule has 0 heterocycles. The van der Waals surface area contributed by atoms with E-state index >= 15 is 0 Å². The van der Waals surface area contributed by atoms with Gasteiger partial charge in [-0.15, -0.1) is 0 Å². The van der Waals surface area contributed by atoms with Gasteiger partial charge in [0.05, 0.1) is 19.3 Å². The lowest BCUT2D eigenvalue weighted by atomic mass is 9.96. The lowest BCUT2D eigenvalue weighted by Crippen LogP contribution is -2.32. The van der Waals surface area contributed by atoms with Crippen molar-refractivity contribution in [1.82, 2.24) is 0 Å². The van der Waals surface area contributed by atoms with Gasteiger partial charge >= 0.3 is 0 Å². The summed E-state index contributed by atoms with van der Waals surface area (Å²) in [5.74, 6) is 0.823. The van der Waals surface area contributed by atoms with Crippen molar-refractivity contribution in [2.24, 2.45) is 5.92 Å². The Morgan fingerprint density at radius 3 is 2.50 bits per heavy atom. The zero-order valence-electron chi connectivity index (χ0n) is 10.1. The van der Waals surface area contributed by atoms with Gasteiger partial charge in [0.15, 0.2) is 0 Å². The maximum absolute atomic E-state index is 9.81. The fourth-order valence-electron chi connectivity index (χ4n) is 1.61. The van der Waals surface area contributed by atoms with E-state index in [0.717, 1.165) is 11.3 Å². The van der Waals surface area contributed by atoms with Crippen molar-refractivity contribution in [3.63, 3.8) is 0 Å². The van der Waals surface area contributed by atoms with E-state index < -0.39 is 12.2 Å². The summed E-state index contributed by atoms with van der Waals surface area (Å²) < 4.78 is 5.10. The van der Waals surface area contributed by atoms with Crippen LogP contribution in [0.15, 0.2) is 24.3 Å². The van der Waals surface area contributed by atoms with Gasteiger partial charge in [-0.05, 0) is 23.6 Å². The molecule has 0 fully saturated rings. The lowest BCUT2D eigenvalue weighted by molar-refractivity contribution is -0.00732. The second-order valence-corrected chi connectivity index (χ2v) is 4.36. The molecule has 2 atom stereocenters. The van der Waals surface area contributed by atoms with Crippen LogP contribution in [0.4, 0.5) is 0 Å². The summed E-state index contributed by atoms with van der Waals surface area (Å²) in [4.78, 5) is 0. The summed E-state index contributed by atoms with van der Waals surface area (Å²) in [6, 6.07) is 7.52. The molecule has 2 unspecified atom stereocenters. The molecule has 0 bridgehead atoms. The fraction of sp³-hybridized carbons (Fsp3) is 0.538. The van der Waals surface area contributed by atoms with E-state index in [2.05, 4.69) is 0 Å². The van der Waals surface area contributed by atoms with Crippen LogP contribution in [0.25, 0.3) is 0 Å². The van der Waals surface area contributed by atoms with Crippen molar-refractivity contribution >= 4 is 0 Å². The molecule has 2 N–H and O–H groups in total. The van der Waals surface area contributed by atoms with Crippen LogP contribution in [0.2, 0.25) is 0 Å². The predicted octanol–water partition coefficient (Wildman–Crippen LogP) is 1.62. The van der Waals surface area contributed by atoms with E-state index in [1.807, 2.05) is 38.1 Å². The SMILES string of the molecule is COc1cccc(CC(O)C(O)C(C)C)c1. The number of benzene rings is 1. The number of hydrogen-bond donors (Lipinski definition) is 2. The van der Waals surface area contributed by atoms with Crippen molar-refractivity contribution in [3.05, 3.63) is 29.8 Å². The summed E-state index contributed by atoms with van der Waals surface area (Å²) >= 11 is 0. The normalized spacial score (nSPS) is 14.9. The molecule has 1 aromatic rings. The first kappa shape index (κ1) is 13.0. The van der Waals surface area contributed by atoms with Gasteiger partial charge < -0.3 is 14.9 Å². The van der Waals surface area contributed by atoms with E-state index in [4.69, 9.17) is 4.74 Å². The van der Waals surface area contributed by atoms with Gasteiger partial charge in [0, 0.05) is 6.42 Å². The molecule has 0 aliphatic rings. The van der Waals surface area contributed by atoms with E-state index in [1.165, 1.54) is 0 Å². The molecule has 3 heteroatoms. The maximum atomic E-state index is 9.81. The molecule has 16 heavy (non-hydrogen) atoms. The zero-order valence-corrected chi connectivity index (χ0v) is 10.1. The topological polar surface area (TPSA) is 49.7 Å². The van der Waals surface area contributed by atoms with Gasteiger partial charge in [-0.1, -0.05) is 26.0 Å². The van der Waals surface area contributed by atoms with Crippen molar-refractivity contribution in [2.75, 3.05) is 7.11 Å². The Bertz CT molecular complexity index is 323. The van der Waals surface area contributed by atoms with Crippen LogP contribution < -0.4 is 4.74 Å². The highest BCUT2D eigenvalue weighted by Gasteiger charge is 2.19. The molecule has 0 aromatic heterocycles. The predicted molar refractivity (Wildman–Crippen MR) is 63.5 cm³/mol. The number of aliphatic hydroxyl groups is 2. The maximum Gasteiger partial charge on any atom is 0.119 e. The molecular weight excluding hydrogens is 204 g/mol. The summed E-state index contributed by atoms with van der Waals surface area (Å²) in [6.45, 7) is 3.78. The molecular formula is C13H20O3. The van der Waals surface area contributed by atoms with Crippen LogP contribution in [0.1, 0.15) is 19.4 Å². The molecule has 0 aliphatic heterocycles. The average Bonchev–Trinajstić information content (AvgIpc) is 2.28. The number of ether oxygens (including phenoxy) is 1. The number of hydrogen-bond acceptors (Lipinski definition) is 3. The van der Waals surface area contributed by atoms with Crippen LogP contribution in [0.3, 0.4) is 0 Å². The van der Waals surface area contributed by atoms with Gasteiger partial charge in [0.2, 0.25) is 0 Å². The monoisotopic (exact) mass is 224 g/mol. The first-order chi connectivity index (χ1) is 7.54. The summed E-state index contributed by atoms with van der Waals surface area (Å²) in [7, 11) is 1.61. The van der Waals surface area contributed by atoms with Crippen LogP contribution in [0.5, 0.6) is 5.75 Å². The Morgan fingerprint density at radius 1 is 1.25 bits per heavy atom. The van der Waals surface area contributed by atoms with Crippen molar-refractivity contribution in [1.29, 1.82) is 0 Å². The van der Waals surface area contributed by atoms with Gasteiger partial charge in [-0.2, -0.15) is 0 Å². The first-order valence-corrected chi connectivity index (χ1v) is 5.53. The third-order valence-corrected chi connectivity index (χ3v) is 2.66. The largest absolute Gasteiger partial charge is 0.497 e. The highest BCUT2D eigenvalue weighted by atomic mass is 16.5. The Hall–Kier alpha value is -1.06. The van der Waals surface area contributed by atoms with Crippen LogP contribution in [-0.2, 0) is 6.42 Å². The van der Waals surface area contributed by atoms with Crippen molar-refractivity contribution in [3.8, 4) is 5.75 Å². The summed E-state index contributed by atoms with van der Waals surface area (Å²) in [5.41, 5.74) is 0.964. The van der Waals surface area contributed by atoms with E-state index in [-0.39, 0.29) is 5.92 Å². The summed E-state index contributed by atoms with van der Waals surface area (Å²) in [5, 5.41) is 19.5. The molecule has 0 spiro atoms. The van der Waals surface area contributed by atoms with Crippen LogP contribution in [0, 0.1) is 5.92 Å². The minimum Gasteiger partial charge on any atom is -0.497 e. The Morgan fingerprint density at radius 2 is 1.94 bits per heavy atom. The number of methoxy groups -OCH3 is 1. The minimum atomic E-state index is -0.730. The van der Waals surface area contributed by atoms with Gasteiger partial charge in [0.1, 0.15) is 5.75 Å². The number of aliphatic hydroxyl groups excluding tert-OH is 2. The summed E-state index contributed by atoms with van der Waals surface area (Å²) in [6.07, 6.45) is -0.977. The second kappa shape index (κ2) is 5.87. The lowest BCUT2D eigenvalue weighted by Gasteiger charge is -2.21. The molecule has 1 rings (SSSR count). The molecule has 90 valence electrons. The highest BCUT2D eigenvalue weighted by Crippen LogP contribution is 2.16. The quantitative estimate of drug-likeness (QED) is 0.799. The van der Waals surface area contributed by atoms with E-state index in [0.29, 0.717) is 6.42 Å².